The minimum Gasteiger partial charge on any atom is -0.494 e. The zero-order chi connectivity index (χ0) is 12.5. The molecule has 0 heterocycles. The van der Waals surface area contributed by atoms with Crippen molar-refractivity contribution in [3.05, 3.63) is 24.3 Å². The molecule has 1 saturated carbocycles. The highest BCUT2D eigenvalue weighted by atomic mass is 35.5. The molecular weight excluding hydrogens is 263 g/mol. The fraction of sp³-hybridized carbons (Fsp3) is 0.417. The van der Waals surface area contributed by atoms with Crippen LogP contribution in [0.5, 0.6) is 11.5 Å². The monoisotopic (exact) mass is 274 g/mol. The van der Waals surface area contributed by atoms with Gasteiger partial charge in [-0.25, -0.2) is 0 Å². The Labute approximate surface area is 110 Å². The summed E-state index contributed by atoms with van der Waals surface area (Å²) in [6.07, 6.45) is 0.450. The van der Waals surface area contributed by atoms with E-state index in [0.717, 1.165) is 5.75 Å². The number of alkyl halides is 2. The van der Waals surface area contributed by atoms with Crippen LogP contribution < -0.4 is 9.47 Å². The predicted octanol–water partition coefficient (Wildman–Crippen LogP) is 3.18. The number of benzene rings is 1. The fourth-order valence-corrected chi connectivity index (χ4v) is 1.91. The SMILES string of the molecule is CCOc1ccc(OC(=O)C2CC2(Cl)Cl)cc1. The van der Waals surface area contributed by atoms with Gasteiger partial charge in [0.15, 0.2) is 0 Å². The van der Waals surface area contributed by atoms with E-state index in [9.17, 15) is 4.79 Å². The molecule has 0 radical (unpaired) electrons. The molecule has 92 valence electrons. The van der Waals surface area contributed by atoms with Gasteiger partial charge in [0.25, 0.3) is 0 Å². The molecule has 0 N–H and O–H groups in total. The van der Waals surface area contributed by atoms with Gasteiger partial charge in [-0.3, -0.25) is 4.79 Å². The highest BCUT2D eigenvalue weighted by molar-refractivity contribution is 6.52. The Morgan fingerprint density at radius 2 is 1.88 bits per heavy atom. The fourth-order valence-electron chi connectivity index (χ4n) is 1.43. The van der Waals surface area contributed by atoms with E-state index in [1.807, 2.05) is 6.92 Å². The van der Waals surface area contributed by atoms with E-state index in [1.54, 1.807) is 24.3 Å². The first-order chi connectivity index (χ1) is 8.03. The highest BCUT2D eigenvalue weighted by Crippen LogP contribution is 2.53. The van der Waals surface area contributed by atoms with Crippen molar-refractivity contribution in [2.75, 3.05) is 6.61 Å². The summed E-state index contributed by atoms with van der Waals surface area (Å²) in [5.41, 5.74) is 0. The second-order valence-electron chi connectivity index (χ2n) is 3.84. The molecule has 2 rings (SSSR count). The van der Waals surface area contributed by atoms with E-state index in [2.05, 4.69) is 0 Å². The minimum atomic E-state index is -0.942. The molecular formula is C12H12Cl2O3. The van der Waals surface area contributed by atoms with Crippen molar-refractivity contribution >= 4 is 29.2 Å². The summed E-state index contributed by atoms with van der Waals surface area (Å²) < 4.78 is 9.48. The number of ether oxygens (including phenoxy) is 2. The largest absolute Gasteiger partial charge is 0.494 e. The van der Waals surface area contributed by atoms with Crippen LogP contribution in [0.2, 0.25) is 0 Å². The standard InChI is InChI=1S/C12H12Cl2O3/c1-2-16-8-3-5-9(6-4-8)17-11(15)10-7-12(10,13)14/h3-6,10H,2,7H2,1H3. The van der Waals surface area contributed by atoms with Gasteiger partial charge in [-0.05, 0) is 37.6 Å². The maximum absolute atomic E-state index is 11.6. The van der Waals surface area contributed by atoms with E-state index in [0.29, 0.717) is 18.8 Å². The van der Waals surface area contributed by atoms with Crippen LogP contribution in [0.15, 0.2) is 24.3 Å². The van der Waals surface area contributed by atoms with Crippen LogP contribution in [-0.2, 0) is 4.79 Å². The van der Waals surface area contributed by atoms with Crippen molar-refractivity contribution in [1.82, 2.24) is 0 Å². The van der Waals surface area contributed by atoms with Crippen LogP contribution >= 0.6 is 23.2 Å². The topological polar surface area (TPSA) is 35.5 Å². The van der Waals surface area contributed by atoms with Gasteiger partial charge in [-0.2, -0.15) is 0 Å². The molecule has 0 aliphatic heterocycles. The number of hydrogen-bond acceptors (Lipinski definition) is 3. The summed E-state index contributed by atoms with van der Waals surface area (Å²) in [5, 5.41) is 0. The number of carbonyl (C=O) groups excluding carboxylic acids is 1. The van der Waals surface area contributed by atoms with Gasteiger partial charge in [0, 0.05) is 0 Å². The molecule has 1 aromatic rings. The van der Waals surface area contributed by atoms with E-state index >= 15 is 0 Å². The normalized spacial score (nSPS) is 20.8. The van der Waals surface area contributed by atoms with Crippen molar-refractivity contribution in [3.8, 4) is 11.5 Å². The van der Waals surface area contributed by atoms with E-state index < -0.39 is 10.3 Å². The molecule has 5 heteroatoms. The molecule has 17 heavy (non-hydrogen) atoms. The lowest BCUT2D eigenvalue weighted by molar-refractivity contribution is -0.135. The van der Waals surface area contributed by atoms with E-state index in [4.69, 9.17) is 32.7 Å². The van der Waals surface area contributed by atoms with Gasteiger partial charge in [0.1, 0.15) is 15.8 Å². The number of hydrogen-bond donors (Lipinski definition) is 0. The molecule has 1 aliphatic carbocycles. The van der Waals surface area contributed by atoms with E-state index in [-0.39, 0.29) is 5.97 Å². The third kappa shape index (κ3) is 3.05. The maximum Gasteiger partial charge on any atom is 0.317 e. The number of carbonyl (C=O) groups is 1. The Kier molecular flexibility index (Phi) is 3.50. The van der Waals surface area contributed by atoms with Gasteiger partial charge in [-0.15, -0.1) is 23.2 Å². The molecule has 0 bridgehead atoms. The van der Waals surface area contributed by atoms with Crippen LogP contribution in [0.4, 0.5) is 0 Å². The number of rotatable bonds is 4. The number of halogens is 2. The molecule has 1 aliphatic rings. The zero-order valence-electron chi connectivity index (χ0n) is 9.28. The third-order valence-corrected chi connectivity index (χ3v) is 3.30. The number of esters is 1. The Morgan fingerprint density at radius 1 is 1.35 bits per heavy atom. The summed E-state index contributed by atoms with van der Waals surface area (Å²) in [6.45, 7) is 2.50. The second-order valence-corrected chi connectivity index (χ2v) is 5.39. The molecule has 3 nitrogen and oxygen atoms in total. The van der Waals surface area contributed by atoms with Crippen molar-refractivity contribution in [2.24, 2.45) is 5.92 Å². The summed E-state index contributed by atoms with van der Waals surface area (Å²) in [4.78, 5) is 11.6. The van der Waals surface area contributed by atoms with Gasteiger partial charge in [0.05, 0.1) is 12.5 Å². The first-order valence-electron chi connectivity index (χ1n) is 5.35. The lowest BCUT2D eigenvalue weighted by Crippen LogP contribution is -2.13. The third-order valence-electron chi connectivity index (χ3n) is 2.46. The zero-order valence-corrected chi connectivity index (χ0v) is 10.8. The van der Waals surface area contributed by atoms with Crippen LogP contribution in [0.3, 0.4) is 0 Å². The Hall–Kier alpha value is -0.930. The Bertz CT molecular complexity index is 414. The lowest BCUT2D eigenvalue weighted by atomic mass is 10.3. The van der Waals surface area contributed by atoms with Gasteiger partial charge >= 0.3 is 5.97 Å². The van der Waals surface area contributed by atoms with E-state index in [1.165, 1.54) is 0 Å². The summed E-state index contributed by atoms with van der Waals surface area (Å²) in [5.74, 6) is 0.397. The Balaban J connectivity index is 1.93. The van der Waals surface area contributed by atoms with Crippen LogP contribution in [0, 0.1) is 5.92 Å². The minimum absolute atomic E-state index is 0.390. The van der Waals surface area contributed by atoms with Crippen molar-refractivity contribution in [3.63, 3.8) is 0 Å². The van der Waals surface area contributed by atoms with Crippen LogP contribution in [0.25, 0.3) is 0 Å². The molecule has 0 saturated heterocycles. The van der Waals surface area contributed by atoms with Crippen molar-refractivity contribution < 1.29 is 14.3 Å². The van der Waals surface area contributed by atoms with Crippen molar-refractivity contribution in [2.45, 2.75) is 17.7 Å². The average molecular weight is 275 g/mol. The quantitative estimate of drug-likeness (QED) is 0.481. The van der Waals surface area contributed by atoms with Gasteiger partial charge in [-0.1, -0.05) is 0 Å². The highest BCUT2D eigenvalue weighted by Gasteiger charge is 2.57. The molecule has 1 unspecified atom stereocenters. The molecule has 0 amide bonds. The molecule has 1 atom stereocenters. The maximum atomic E-state index is 11.6. The summed E-state index contributed by atoms with van der Waals surface area (Å²) >= 11 is 11.6. The van der Waals surface area contributed by atoms with Crippen LogP contribution in [0.1, 0.15) is 13.3 Å². The smallest absolute Gasteiger partial charge is 0.317 e. The molecule has 1 aromatic carbocycles. The molecule has 1 fully saturated rings. The predicted molar refractivity (Wildman–Crippen MR) is 65.8 cm³/mol. The lowest BCUT2D eigenvalue weighted by Gasteiger charge is -2.06. The second kappa shape index (κ2) is 4.75. The average Bonchev–Trinajstić information content (AvgIpc) is 2.91. The first kappa shape index (κ1) is 12.5. The Morgan fingerprint density at radius 3 is 2.35 bits per heavy atom. The summed E-state index contributed by atoms with van der Waals surface area (Å²) in [6, 6.07) is 6.84. The van der Waals surface area contributed by atoms with Gasteiger partial charge in [0.2, 0.25) is 0 Å². The summed E-state index contributed by atoms with van der Waals surface area (Å²) in [7, 11) is 0. The van der Waals surface area contributed by atoms with Crippen molar-refractivity contribution in [1.29, 1.82) is 0 Å². The molecule has 0 spiro atoms. The van der Waals surface area contributed by atoms with Gasteiger partial charge < -0.3 is 9.47 Å². The first-order valence-corrected chi connectivity index (χ1v) is 6.11. The van der Waals surface area contributed by atoms with Crippen LogP contribution in [-0.4, -0.2) is 16.9 Å². The molecule has 0 aromatic heterocycles.